The summed E-state index contributed by atoms with van der Waals surface area (Å²) >= 11 is 3.47. The molecule has 1 nitrogen and oxygen atoms in total. The quantitative estimate of drug-likeness (QED) is 0.732. The van der Waals surface area contributed by atoms with Crippen molar-refractivity contribution in [2.24, 2.45) is 0 Å². The van der Waals surface area contributed by atoms with Crippen LogP contribution in [-0.2, 0) is 11.8 Å². The highest BCUT2D eigenvalue weighted by molar-refractivity contribution is 9.08. The molecule has 0 aliphatic rings. The zero-order chi connectivity index (χ0) is 10.4. The second-order valence-corrected chi connectivity index (χ2v) is 4.42. The van der Waals surface area contributed by atoms with Crippen LogP contribution in [0.2, 0.25) is 0 Å². The van der Waals surface area contributed by atoms with E-state index in [-0.39, 0.29) is 0 Å². The molecule has 0 saturated heterocycles. The zero-order valence-corrected chi connectivity index (χ0v) is 10.5. The van der Waals surface area contributed by atoms with E-state index in [1.54, 1.807) is 0 Å². The third-order valence-corrected chi connectivity index (χ3v) is 2.86. The Balaban J connectivity index is 2.42. The Kier molecular flexibility index (Phi) is 5.20. The van der Waals surface area contributed by atoms with Crippen LogP contribution in [0.5, 0.6) is 0 Å². The third kappa shape index (κ3) is 4.25. The van der Waals surface area contributed by atoms with E-state index in [0.717, 1.165) is 5.33 Å². The van der Waals surface area contributed by atoms with Gasteiger partial charge < -0.3 is 4.90 Å². The van der Waals surface area contributed by atoms with Gasteiger partial charge in [-0.25, -0.2) is 0 Å². The minimum absolute atomic E-state index is 0.953. The first-order valence-electron chi connectivity index (χ1n) is 5.01. The SMILES string of the molecule is CN(C)CCCc1cccc(CBr)c1. The highest BCUT2D eigenvalue weighted by Crippen LogP contribution is 2.10. The minimum Gasteiger partial charge on any atom is -0.309 e. The molecular weight excluding hydrogens is 238 g/mol. The highest BCUT2D eigenvalue weighted by Gasteiger charge is 1.96. The Morgan fingerprint density at radius 1 is 1.21 bits per heavy atom. The van der Waals surface area contributed by atoms with Crippen molar-refractivity contribution >= 4 is 15.9 Å². The maximum absolute atomic E-state index is 3.47. The van der Waals surface area contributed by atoms with Gasteiger partial charge >= 0.3 is 0 Å². The normalized spacial score (nSPS) is 10.9. The van der Waals surface area contributed by atoms with Gasteiger partial charge in [0.2, 0.25) is 0 Å². The molecule has 0 aliphatic heterocycles. The molecule has 0 spiro atoms. The van der Waals surface area contributed by atoms with Gasteiger partial charge in [0.25, 0.3) is 0 Å². The van der Waals surface area contributed by atoms with Crippen molar-refractivity contribution < 1.29 is 0 Å². The van der Waals surface area contributed by atoms with Gasteiger partial charge in [-0.3, -0.25) is 0 Å². The molecule has 0 unspecified atom stereocenters. The topological polar surface area (TPSA) is 3.24 Å². The fourth-order valence-electron chi connectivity index (χ4n) is 1.47. The summed E-state index contributed by atoms with van der Waals surface area (Å²) in [5.41, 5.74) is 2.82. The highest BCUT2D eigenvalue weighted by atomic mass is 79.9. The number of halogens is 1. The molecule has 0 aromatic heterocycles. The van der Waals surface area contributed by atoms with E-state index in [9.17, 15) is 0 Å². The van der Waals surface area contributed by atoms with Gasteiger partial charge in [-0.2, -0.15) is 0 Å². The summed E-state index contributed by atoms with van der Waals surface area (Å²) in [4.78, 5) is 2.23. The Morgan fingerprint density at radius 3 is 2.57 bits per heavy atom. The number of rotatable bonds is 5. The number of alkyl halides is 1. The number of benzene rings is 1. The van der Waals surface area contributed by atoms with Crippen molar-refractivity contribution in [1.29, 1.82) is 0 Å². The van der Waals surface area contributed by atoms with Gasteiger partial charge in [-0.1, -0.05) is 40.2 Å². The summed E-state index contributed by atoms with van der Waals surface area (Å²) < 4.78 is 0. The lowest BCUT2D eigenvalue weighted by atomic mass is 10.1. The first-order valence-corrected chi connectivity index (χ1v) is 6.13. The van der Waals surface area contributed by atoms with Crippen LogP contribution in [0.1, 0.15) is 17.5 Å². The lowest BCUT2D eigenvalue weighted by molar-refractivity contribution is 0.400. The second-order valence-electron chi connectivity index (χ2n) is 3.86. The average Bonchev–Trinajstić information content (AvgIpc) is 2.18. The van der Waals surface area contributed by atoms with Crippen LogP contribution in [0, 0.1) is 0 Å². The summed E-state index contributed by atoms with van der Waals surface area (Å²) in [6.45, 7) is 1.17. The number of nitrogens with zero attached hydrogens (tertiary/aromatic N) is 1. The van der Waals surface area contributed by atoms with E-state index in [1.165, 1.54) is 30.5 Å². The van der Waals surface area contributed by atoms with E-state index in [0.29, 0.717) is 0 Å². The molecule has 2 heteroatoms. The fraction of sp³-hybridized carbons (Fsp3) is 0.500. The van der Waals surface area contributed by atoms with Crippen LogP contribution in [0.15, 0.2) is 24.3 Å². The predicted molar refractivity (Wildman–Crippen MR) is 65.9 cm³/mol. The third-order valence-electron chi connectivity index (χ3n) is 2.22. The van der Waals surface area contributed by atoms with Gasteiger partial charge in [0.1, 0.15) is 0 Å². The lowest BCUT2D eigenvalue weighted by Crippen LogP contribution is -2.13. The largest absolute Gasteiger partial charge is 0.309 e. The van der Waals surface area contributed by atoms with Crippen LogP contribution in [0.3, 0.4) is 0 Å². The van der Waals surface area contributed by atoms with E-state index < -0.39 is 0 Å². The number of hydrogen-bond donors (Lipinski definition) is 0. The van der Waals surface area contributed by atoms with Crippen LogP contribution in [0.4, 0.5) is 0 Å². The molecule has 0 fully saturated rings. The van der Waals surface area contributed by atoms with Gasteiger partial charge in [-0.15, -0.1) is 0 Å². The minimum atomic E-state index is 0.953. The van der Waals surface area contributed by atoms with E-state index in [4.69, 9.17) is 0 Å². The Morgan fingerprint density at radius 2 is 1.93 bits per heavy atom. The molecule has 1 aromatic rings. The van der Waals surface area contributed by atoms with Crippen LogP contribution < -0.4 is 0 Å². The molecule has 1 aromatic carbocycles. The summed E-state index contributed by atoms with van der Waals surface area (Å²) in [6, 6.07) is 8.79. The first kappa shape index (κ1) is 11.7. The van der Waals surface area contributed by atoms with E-state index in [2.05, 4.69) is 59.2 Å². The summed E-state index contributed by atoms with van der Waals surface area (Å²) in [5, 5.41) is 0.953. The van der Waals surface area contributed by atoms with E-state index in [1.807, 2.05) is 0 Å². The first-order chi connectivity index (χ1) is 6.72. The summed E-state index contributed by atoms with van der Waals surface area (Å²) in [7, 11) is 4.24. The van der Waals surface area contributed by atoms with Crippen molar-refractivity contribution in [2.75, 3.05) is 20.6 Å². The molecule has 1 rings (SSSR count). The fourth-order valence-corrected chi connectivity index (χ4v) is 1.82. The molecular formula is C12H18BrN. The van der Waals surface area contributed by atoms with Crippen molar-refractivity contribution in [3.05, 3.63) is 35.4 Å². The predicted octanol–water partition coefficient (Wildman–Crippen LogP) is 3.08. The number of aryl methyl sites for hydroxylation is 1. The van der Waals surface area contributed by atoms with Crippen molar-refractivity contribution in [2.45, 2.75) is 18.2 Å². The van der Waals surface area contributed by atoms with Crippen molar-refractivity contribution in [1.82, 2.24) is 4.90 Å². The summed E-state index contributed by atoms with van der Waals surface area (Å²) in [5.74, 6) is 0. The molecule has 0 bridgehead atoms. The summed E-state index contributed by atoms with van der Waals surface area (Å²) in [6.07, 6.45) is 2.41. The Bertz CT molecular complexity index is 271. The molecule has 0 amide bonds. The van der Waals surface area contributed by atoms with Crippen molar-refractivity contribution in [3.63, 3.8) is 0 Å². The van der Waals surface area contributed by atoms with Gasteiger partial charge in [0.15, 0.2) is 0 Å². The van der Waals surface area contributed by atoms with Gasteiger partial charge in [0, 0.05) is 5.33 Å². The van der Waals surface area contributed by atoms with Crippen LogP contribution >= 0.6 is 15.9 Å². The number of hydrogen-bond acceptors (Lipinski definition) is 1. The molecule has 0 N–H and O–H groups in total. The monoisotopic (exact) mass is 255 g/mol. The average molecular weight is 256 g/mol. The lowest BCUT2D eigenvalue weighted by Gasteiger charge is -2.09. The Hall–Kier alpha value is -0.340. The second kappa shape index (κ2) is 6.20. The molecule has 0 heterocycles. The van der Waals surface area contributed by atoms with Gasteiger partial charge in [-0.05, 0) is 44.6 Å². The zero-order valence-electron chi connectivity index (χ0n) is 8.96. The van der Waals surface area contributed by atoms with Gasteiger partial charge in [0.05, 0.1) is 0 Å². The smallest absolute Gasteiger partial charge is 0.0283 e. The molecule has 14 heavy (non-hydrogen) atoms. The van der Waals surface area contributed by atoms with E-state index >= 15 is 0 Å². The van der Waals surface area contributed by atoms with Crippen molar-refractivity contribution in [3.8, 4) is 0 Å². The molecule has 78 valence electrons. The maximum Gasteiger partial charge on any atom is 0.0283 e. The van der Waals surface area contributed by atoms with Crippen LogP contribution in [0.25, 0.3) is 0 Å². The maximum atomic E-state index is 3.47. The van der Waals surface area contributed by atoms with Crippen LogP contribution in [-0.4, -0.2) is 25.5 Å². The molecule has 0 radical (unpaired) electrons. The Labute approximate surface area is 95.2 Å². The molecule has 0 saturated carbocycles. The standard InChI is InChI=1S/C12H18BrN/c1-14(2)8-4-7-11-5-3-6-12(9-11)10-13/h3,5-6,9H,4,7-8,10H2,1-2H3. The molecule has 0 atom stereocenters. The molecule has 0 aliphatic carbocycles.